The second-order valence-electron chi connectivity index (χ2n) is 9.61. The fourth-order valence-electron chi connectivity index (χ4n) is 3.98. The van der Waals surface area contributed by atoms with E-state index in [4.69, 9.17) is 14.0 Å². The molecule has 4 rings (SSSR count). The molecule has 1 saturated heterocycles. The number of thiophene rings is 1. The highest BCUT2D eigenvalue weighted by Gasteiger charge is 2.47. The number of hydrogen-bond donors (Lipinski definition) is 1. The van der Waals surface area contributed by atoms with E-state index in [2.05, 4.69) is 10.5 Å². The molecule has 1 aliphatic carbocycles. The van der Waals surface area contributed by atoms with Crippen LogP contribution in [0.25, 0.3) is 0 Å². The van der Waals surface area contributed by atoms with E-state index in [0.29, 0.717) is 29.6 Å². The third-order valence-corrected chi connectivity index (χ3v) is 6.76. The van der Waals surface area contributed by atoms with Crippen LogP contribution in [0.1, 0.15) is 66.9 Å². The SMILES string of the molecule is Cc1cc(NC(=O)c2csc([C@@H]3C[C@H]3N(CC3CCOCC3)C(=O)OC(C)(C)C)c2)no1. The minimum absolute atomic E-state index is 0.0976. The molecule has 2 aromatic heterocycles. The number of ether oxygens (including phenoxy) is 2. The fraction of sp³-hybridized carbons (Fsp3) is 0.609. The molecule has 0 spiro atoms. The van der Waals surface area contributed by atoms with Gasteiger partial charge in [-0.2, -0.15) is 0 Å². The molecular formula is C23H31N3O5S. The van der Waals surface area contributed by atoms with Crippen molar-refractivity contribution < 1.29 is 23.6 Å². The van der Waals surface area contributed by atoms with E-state index in [9.17, 15) is 9.59 Å². The van der Waals surface area contributed by atoms with Crippen LogP contribution in [-0.2, 0) is 9.47 Å². The second kappa shape index (κ2) is 9.23. The first kappa shape index (κ1) is 22.8. The van der Waals surface area contributed by atoms with Gasteiger partial charge in [-0.05, 0) is 58.9 Å². The number of aryl methyl sites for hydroxylation is 1. The molecule has 9 heteroatoms. The number of rotatable bonds is 6. The van der Waals surface area contributed by atoms with Crippen molar-refractivity contribution in [3.8, 4) is 0 Å². The number of carbonyl (C=O) groups excluding carboxylic acids is 2. The Balaban J connectivity index is 1.42. The molecule has 1 aliphatic heterocycles. The topological polar surface area (TPSA) is 93.9 Å². The monoisotopic (exact) mass is 461 g/mol. The van der Waals surface area contributed by atoms with Gasteiger partial charge in [0.2, 0.25) is 0 Å². The van der Waals surface area contributed by atoms with Gasteiger partial charge in [-0.15, -0.1) is 11.3 Å². The number of aromatic nitrogens is 1. The molecule has 0 aromatic carbocycles. The van der Waals surface area contributed by atoms with E-state index in [-0.39, 0.29) is 24.0 Å². The summed E-state index contributed by atoms with van der Waals surface area (Å²) in [6.07, 6.45) is 2.54. The van der Waals surface area contributed by atoms with Crippen molar-refractivity contribution in [1.82, 2.24) is 10.1 Å². The molecule has 1 saturated carbocycles. The zero-order valence-corrected chi connectivity index (χ0v) is 19.9. The molecule has 2 atom stereocenters. The first-order valence-electron chi connectivity index (χ1n) is 11.1. The molecule has 0 bridgehead atoms. The van der Waals surface area contributed by atoms with E-state index in [1.165, 1.54) is 0 Å². The van der Waals surface area contributed by atoms with Gasteiger partial charge in [0.1, 0.15) is 11.4 Å². The molecule has 8 nitrogen and oxygen atoms in total. The molecule has 2 aromatic rings. The van der Waals surface area contributed by atoms with Crippen LogP contribution in [0.2, 0.25) is 0 Å². The van der Waals surface area contributed by atoms with Crippen LogP contribution in [0, 0.1) is 12.8 Å². The molecule has 2 aliphatic rings. The number of hydrogen-bond acceptors (Lipinski definition) is 7. The number of carbonyl (C=O) groups is 2. The van der Waals surface area contributed by atoms with Crippen LogP contribution < -0.4 is 5.32 Å². The van der Waals surface area contributed by atoms with Gasteiger partial charge in [0.05, 0.1) is 5.56 Å². The Labute approximate surface area is 192 Å². The van der Waals surface area contributed by atoms with E-state index < -0.39 is 5.60 Å². The molecular weight excluding hydrogens is 430 g/mol. The minimum Gasteiger partial charge on any atom is -0.444 e. The number of nitrogens with one attached hydrogen (secondary N) is 1. The van der Waals surface area contributed by atoms with Crippen LogP contribution in [0.4, 0.5) is 10.6 Å². The highest BCUT2D eigenvalue weighted by molar-refractivity contribution is 7.10. The highest BCUT2D eigenvalue weighted by atomic mass is 32.1. The minimum atomic E-state index is -0.539. The Hall–Kier alpha value is -2.39. The summed E-state index contributed by atoms with van der Waals surface area (Å²) in [5.74, 6) is 1.47. The van der Waals surface area contributed by atoms with Gasteiger partial charge in [0.15, 0.2) is 5.82 Å². The predicted octanol–water partition coefficient (Wildman–Crippen LogP) is 4.82. The van der Waals surface area contributed by atoms with E-state index in [1.807, 2.05) is 37.1 Å². The molecule has 2 amide bonds. The normalized spacial score (nSPS) is 21.2. The van der Waals surface area contributed by atoms with Crippen molar-refractivity contribution in [2.75, 3.05) is 25.1 Å². The first-order valence-corrected chi connectivity index (χ1v) is 12.0. The smallest absolute Gasteiger partial charge is 0.410 e. The zero-order chi connectivity index (χ0) is 22.9. The third-order valence-electron chi connectivity index (χ3n) is 5.70. The van der Waals surface area contributed by atoms with Crippen LogP contribution in [0.5, 0.6) is 0 Å². The van der Waals surface area contributed by atoms with Gasteiger partial charge in [-0.1, -0.05) is 5.16 Å². The van der Waals surface area contributed by atoms with Crippen molar-refractivity contribution in [2.45, 2.75) is 64.5 Å². The Kier molecular flexibility index (Phi) is 6.57. The summed E-state index contributed by atoms with van der Waals surface area (Å²) >= 11 is 1.55. The van der Waals surface area contributed by atoms with E-state index in [1.54, 1.807) is 24.3 Å². The quantitative estimate of drug-likeness (QED) is 0.663. The van der Waals surface area contributed by atoms with E-state index >= 15 is 0 Å². The van der Waals surface area contributed by atoms with Crippen LogP contribution in [0.3, 0.4) is 0 Å². The number of nitrogens with zero attached hydrogens (tertiary/aromatic N) is 2. The van der Waals surface area contributed by atoms with Gasteiger partial charge in [0.25, 0.3) is 5.91 Å². The summed E-state index contributed by atoms with van der Waals surface area (Å²) in [5.41, 5.74) is 0.0489. The third kappa shape index (κ3) is 5.69. The van der Waals surface area contributed by atoms with Crippen molar-refractivity contribution in [3.63, 3.8) is 0 Å². The second-order valence-corrected chi connectivity index (χ2v) is 10.6. The van der Waals surface area contributed by atoms with Gasteiger partial charge in [0, 0.05) is 48.0 Å². The van der Waals surface area contributed by atoms with Crippen molar-refractivity contribution in [2.24, 2.45) is 5.92 Å². The number of amides is 2. The number of anilines is 1. The zero-order valence-electron chi connectivity index (χ0n) is 19.1. The maximum absolute atomic E-state index is 13.0. The Morgan fingerprint density at radius 2 is 2.03 bits per heavy atom. The summed E-state index contributed by atoms with van der Waals surface area (Å²) in [6.45, 7) is 9.62. The van der Waals surface area contributed by atoms with Gasteiger partial charge in [-0.3, -0.25) is 4.79 Å². The van der Waals surface area contributed by atoms with Crippen molar-refractivity contribution in [3.05, 3.63) is 33.7 Å². The maximum Gasteiger partial charge on any atom is 0.410 e. The Morgan fingerprint density at radius 1 is 1.28 bits per heavy atom. The summed E-state index contributed by atoms with van der Waals surface area (Å²) < 4.78 is 16.2. The maximum atomic E-state index is 13.0. The molecule has 174 valence electrons. The summed E-state index contributed by atoms with van der Waals surface area (Å²) in [5, 5.41) is 8.41. The molecule has 0 unspecified atom stereocenters. The molecule has 2 fully saturated rings. The average Bonchev–Trinajstić information content (AvgIpc) is 3.14. The standard InChI is InChI=1S/C23H31N3O5S/c1-14-9-20(25-31-14)24-21(27)16-10-19(32-13-16)17-11-18(17)26(22(28)30-23(2,3)4)12-15-5-7-29-8-6-15/h9-10,13,15,17-18H,5-8,11-12H2,1-4H3,(H,24,25,27)/t17-,18-/m1/s1. The van der Waals surface area contributed by atoms with Crippen molar-refractivity contribution >= 4 is 29.2 Å². The lowest BCUT2D eigenvalue weighted by Gasteiger charge is -2.32. The predicted molar refractivity (Wildman–Crippen MR) is 121 cm³/mol. The van der Waals surface area contributed by atoms with Gasteiger partial charge < -0.3 is 24.2 Å². The van der Waals surface area contributed by atoms with Gasteiger partial charge in [-0.25, -0.2) is 4.79 Å². The van der Waals surface area contributed by atoms with Crippen LogP contribution in [-0.4, -0.2) is 53.5 Å². The van der Waals surface area contributed by atoms with Crippen LogP contribution >= 0.6 is 11.3 Å². The first-order chi connectivity index (χ1) is 15.2. The summed E-state index contributed by atoms with van der Waals surface area (Å²) in [6, 6.07) is 3.69. The largest absolute Gasteiger partial charge is 0.444 e. The lowest BCUT2D eigenvalue weighted by atomic mass is 9.99. The van der Waals surface area contributed by atoms with Gasteiger partial charge >= 0.3 is 6.09 Å². The van der Waals surface area contributed by atoms with Crippen molar-refractivity contribution in [1.29, 1.82) is 0 Å². The molecule has 3 heterocycles. The Morgan fingerprint density at radius 3 is 2.69 bits per heavy atom. The van der Waals surface area contributed by atoms with E-state index in [0.717, 1.165) is 37.4 Å². The molecule has 1 N–H and O–H groups in total. The molecule has 0 radical (unpaired) electrons. The summed E-state index contributed by atoms with van der Waals surface area (Å²) in [4.78, 5) is 28.6. The van der Waals surface area contributed by atoms with Crippen LogP contribution in [0.15, 0.2) is 22.0 Å². The average molecular weight is 462 g/mol. The highest BCUT2D eigenvalue weighted by Crippen LogP contribution is 2.48. The Bertz CT molecular complexity index is 957. The lowest BCUT2D eigenvalue weighted by Crippen LogP contribution is -2.42. The summed E-state index contributed by atoms with van der Waals surface area (Å²) in [7, 11) is 0. The molecule has 32 heavy (non-hydrogen) atoms. The lowest BCUT2D eigenvalue weighted by molar-refractivity contribution is 0.0100. The fourth-order valence-corrected chi connectivity index (χ4v) is 5.05.